The maximum absolute atomic E-state index is 10.4. The summed E-state index contributed by atoms with van der Waals surface area (Å²) in [6.45, 7) is 0. The lowest BCUT2D eigenvalue weighted by Crippen LogP contribution is -1.85. The van der Waals surface area contributed by atoms with Gasteiger partial charge in [-0.1, -0.05) is 24.3 Å². The standard InChI is InChI=1S/C9H9NO/c10-6-5-8-3-1-2-4-9(8)7-11/h1-7H,10H2/b6-5-. The van der Waals surface area contributed by atoms with Gasteiger partial charge in [0.1, 0.15) is 0 Å². The molecule has 0 heterocycles. The summed E-state index contributed by atoms with van der Waals surface area (Å²) >= 11 is 0. The Morgan fingerprint density at radius 1 is 1.18 bits per heavy atom. The second kappa shape index (κ2) is 3.56. The fourth-order valence-corrected chi connectivity index (χ4v) is 0.874. The summed E-state index contributed by atoms with van der Waals surface area (Å²) in [5.41, 5.74) is 6.70. The second-order valence-electron chi connectivity index (χ2n) is 2.11. The van der Waals surface area contributed by atoms with E-state index in [1.807, 2.05) is 18.2 Å². The molecule has 1 aromatic rings. The molecule has 2 heteroatoms. The smallest absolute Gasteiger partial charge is 0.150 e. The van der Waals surface area contributed by atoms with Gasteiger partial charge in [0.2, 0.25) is 0 Å². The summed E-state index contributed by atoms with van der Waals surface area (Å²) in [5, 5.41) is 0. The minimum atomic E-state index is 0.661. The van der Waals surface area contributed by atoms with Gasteiger partial charge in [-0.25, -0.2) is 0 Å². The van der Waals surface area contributed by atoms with Crippen LogP contribution < -0.4 is 5.73 Å². The average Bonchev–Trinajstić information content (AvgIpc) is 2.06. The predicted octanol–water partition coefficient (Wildman–Crippen LogP) is 1.43. The zero-order valence-corrected chi connectivity index (χ0v) is 6.03. The lowest BCUT2D eigenvalue weighted by atomic mass is 10.1. The molecule has 11 heavy (non-hydrogen) atoms. The third-order valence-corrected chi connectivity index (χ3v) is 1.40. The van der Waals surface area contributed by atoms with Gasteiger partial charge in [0.15, 0.2) is 6.29 Å². The van der Waals surface area contributed by atoms with E-state index in [9.17, 15) is 4.79 Å². The van der Waals surface area contributed by atoms with Gasteiger partial charge < -0.3 is 5.73 Å². The molecule has 0 amide bonds. The lowest BCUT2D eigenvalue weighted by Gasteiger charge is -1.95. The maximum Gasteiger partial charge on any atom is 0.150 e. The number of hydrogen-bond acceptors (Lipinski definition) is 2. The summed E-state index contributed by atoms with van der Waals surface area (Å²) in [6, 6.07) is 7.27. The van der Waals surface area contributed by atoms with Crippen LogP contribution in [0, 0.1) is 0 Å². The molecule has 1 aromatic carbocycles. The van der Waals surface area contributed by atoms with Gasteiger partial charge in [-0.15, -0.1) is 0 Å². The molecule has 2 nitrogen and oxygen atoms in total. The fraction of sp³-hybridized carbons (Fsp3) is 0. The maximum atomic E-state index is 10.4. The highest BCUT2D eigenvalue weighted by Gasteiger charge is 1.93. The highest BCUT2D eigenvalue weighted by molar-refractivity contribution is 5.81. The van der Waals surface area contributed by atoms with Crippen LogP contribution in [0.3, 0.4) is 0 Å². The first-order valence-electron chi connectivity index (χ1n) is 3.31. The van der Waals surface area contributed by atoms with Crippen molar-refractivity contribution in [3.05, 3.63) is 41.6 Å². The summed E-state index contributed by atoms with van der Waals surface area (Å²) < 4.78 is 0. The summed E-state index contributed by atoms with van der Waals surface area (Å²) in [7, 11) is 0. The van der Waals surface area contributed by atoms with Gasteiger partial charge in [0.25, 0.3) is 0 Å². The van der Waals surface area contributed by atoms with Crippen molar-refractivity contribution >= 4 is 12.4 Å². The molecule has 0 aromatic heterocycles. The highest BCUT2D eigenvalue weighted by Crippen LogP contribution is 2.06. The van der Waals surface area contributed by atoms with Crippen molar-refractivity contribution in [2.75, 3.05) is 0 Å². The van der Waals surface area contributed by atoms with E-state index in [4.69, 9.17) is 5.73 Å². The summed E-state index contributed by atoms with van der Waals surface area (Å²) in [5.74, 6) is 0. The van der Waals surface area contributed by atoms with Gasteiger partial charge in [-0.3, -0.25) is 4.79 Å². The van der Waals surface area contributed by atoms with E-state index in [2.05, 4.69) is 0 Å². The fourth-order valence-electron chi connectivity index (χ4n) is 0.874. The molecule has 0 saturated carbocycles. The van der Waals surface area contributed by atoms with Crippen molar-refractivity contribution in [1.29, 1.82) is 0 Å². The van der Waals surface area contributed by atoms with Gasteiger partial charge >= 0.3 is 0 Å². The molecule has 2 N–H and O–H groups in total. The van der Waals surface area contributed by atoms with Crippen LogP contribution in [0.15, 0.2) is 30.5 Å². The zero-order valence-electron chi connectivity index (χ0n) is 6.03. The molecule has 0 atom stereocenters. The molecule has 56 valence electrons. The van der Waals surface area contributed by atoms with E-state index in [0.29, 0.717) is 5.56 Å². The number of nitrogens with two attached hydrogens (primary N) is 1. The van der Waals surface area contributed by atoms with Gasteiger partial charge in [0, 0.05) is 5.56 Å². The van der Waals surface area contributed by atoms with Crippen molar-refractivity contribution in [2.45, 2.75) is 0 Å². The molecule has 1 rings (SSSR count). The number of hydrogen-bond donors (Lipinski definition) is 1. The van der Waals surface area contributed by atoms with E-state index in [1.54, 1.807) is 12.1 Å². The van der Waals surface area contributed by atoms with Crippen LogP contribution in [-0.2, 0) is 0 Å². The van der Waals surface area contributed by atoms with Crippen LogP contribution in [0.2, 0.25) is 0 Å². The molecule has 0 radical (unpaired) electrons. The number of benzene rings is 1. The largest absolute Gasteiger partial charge is 0.405 e. The summed E-state index contributed by atoms with van der Waals surface area (Å²) in [4.78, 5) is 10.4. The molecule has 0 bridgehead atoms. The highest BCUT2D eigenvalue weighted by atomic mass is 16.1. The quantitative estimate of drug-likeness (QED) is 0.643. The zero-order chi connectivity index (χ0) is 8.10. The number of carbonyl (C=O) groups excluding carboxylic acids is 1. The van der Waals surface area contributed by atoms with Crippen LogP contribution in [0.1, 0.15) is 15.9 Å². The Bertz CT molecular complexity index is 279. The minimum Gasteiger partial charge on any atom is -0.405 e. The molecule has 0 aliphatic heterocycles. The van der Waals surface area contributed by atoms with E-state index in [0.717, 1.165) is 11.8 Å². The predicted molar refractivity (Wildman–Crippen MR) is 45.1 cm³/mol. The third kappa shape index (κ3) is 1.67. The normalized spacial score (nSPS) is 10.2. The van der Waals surface area contributed by atoms with Crippen LogP contribution in [0.5, 0.6) is 0 Å². The van der Waals surface area contributed by atoms with E-state index < -0.39 is 0 Å². The molecule has 0 aliphatic rings. The molecular formula is C9H9NO. The second-order valence-corrected chi connectivity index (χ2v) is 2.11. The minimum absolute atomic E-state index is 0.661. The molecule has 0 aliphatic carbocycles. The first-order chi connectivity index (χ1) is 5.38. The average molecular weight is 147 g/mol. The van der Waals surface area contributed by atoms with Gasteiger partial charge in [0.05, 0.1) is 0 Å². The van der Waals surface area contributed by atoms with Crippen molar-refractivity contribution in [2.24, 2.45) is 5.73 Å². The van der Waals surface area contributed by atoms with Crippen molar-refractivity contribution in [3.63, 3.8) is 0 Å². The van der Waals surface area contributed by atoms with Crippen molar-refractivity contribution in [1.82, 2.24) is 0 Å². The number of rotatable bonds is 2. The monoisotopic (exact) mass is 147 g/mol. The SMILES string of the molecule is N/C=C\c1ccccc1C=O. The van der Waals surface area contributed by atoms with Crippen molar-refractivity contribution in [3.8, 4) is 0 Å². The Hall–Kier alpha value is -1.57. The Labute approximate surface area is 65.3 Å². The first kappa shape index (κ1) is 7.54. The molecular weight excluding hydrogens is 138 g/mol. The number of aldehydes is 1. The Balaban J connectivity index is 3.11. The van der Waals surface area contributed by atoms with Gasteiger partial charge in [-0.2, -0.15) is 0 Å². The Morgan fingerprint density at radius 3 is 2.36 bits per heavy atom. The number of carbonyl (C=O) groups is 1. The van der Waals surface area contributed by atoms with Crippen LogP contribution in [-0.4, -0.2) is 6.29 Å². The summed E-state index contributed by atoms with van der Waals surface area (Å²) in [6.07, 6.45) is 3.93. The Kier molecular flexibility index (Phi) is 2.44. The van der Waals surface area contributed by atoms with Crippen molar-refractivity contribution < 1.29 is 4.79 Å². The lowest BCUT2D eigenvalue weighted by molar-refractivity contribution is 0.112. The van der Waals surface area contributed by atoms with E-state index in [1.165, 1.54) is 6.20 Å². The van der Waals surface area contributed by atoms with E-state index >= 15 is 0 Å². The topological polar surface area (TPSA) is 43.1 Å². The molecule has 0 fully saturated rings. The van der Waals surface area contributed by atoms with Crippen LogP contribution in [0.25, 0.3) is 6.08 Å². The van der Waals surface area contributed by atoms with Crippen LogP contribution in [0.4, 0.5) is 0 Å². The molecule has 0 spiro atoms. The third-order valence-electron chi connectivity index (χ3n) is 1.40. The molecule has 0 unspecified atom stereocenters. The first-order valence-corrected chi connectivity index (χ1v) is 3.31. The Morgan fingerprint density at radius 2 is 1.82 bits per heavy atom. The van der Waals surface area contributed by atoms with Gasteiger partial charge in [-0.05, 0) is 17.8 Å². The van der Waals surface area contributed by atoms with Crippen LogP contribution >= 0.6 is 0 Å². The van der Waals surface area contributed by atoms with E-state index in [-0.39, 0.29) is 0 Å². The molecule has 0 saturated heterocycles.